The highest BCUT2D eigenvalue weighted by atomic mass is 16.5. The third kappa shape index (κ3) is 4.23. The number of anilines is 1. The number of amides is 1. The first-order valence-electron chi connectivity index (χ1n) is 9.12. The third-order valence-electron chi connectivity index (χ3n) is 5.32. The summed E-state index contributed by atoms with van der Waals surface area (Å²) in [6.07, 6.45) is 12.8. The van der Waals surface area contributed by atoms with Crippen LogP contribution in [0, 0.1) is 5.92 Å². The topological polar surface area (TPSA) is 67.3 Å². The van der Waals surface area contributed by atoms with Crippen LogP contribution in [0.4, 0.5) is 5.82 Å². The van der Waals surface area contributed by atoms with E-state index in [4.69, 9.17) is 4.74 Å². The van der Waals surface area contributed by atoms with Gasteiger partial charge >= 0.3 is 0 Å². The van der Waals surface area contributed by atoms with Crippen LogP contribution in [0.2, 0.25) is 0 Å². The van der Waals surface area contributed by atoms with Crippen LogP contribution in [0.1, 0.15) is 44.9 Å². The first-order chi connectivity index (χ1) is 11.8. The zero-order chi connectivity index (χ0) is 16.8. The summed E-state index contributed by atoms with van der Waals surface area (Å²) in [6, 6.07) is 0.169. The summed E-state index contributed by atoms with van der Waals surface area (Å²) in [7, 11) is 1.76. The van der Waals surface area contributed by atoms with Crippen LogP contribution < -0.4 is 10.2 Å². The molecule has 0 unspecified atom stereocenters. The molecule has 1 aromatic rings. The predicted octanol–water partition coefficient (Wildman–Crippen LogP) is 2.16. The second kappa shape index (κ2) is 8.42. The standard InChI is InChI=1S/C18H28N4O2/c1-24-16-6-4-2-3-5-15(16)21-18(23)14-7-11-22(12-8-14)17-13-19-9-10-20-17/h9-10,13-16H,2-8,11-12H2,1H3,(H,21,23)/t15-,16-/m1/s1. The number of hydrogen-bond acceptors (Lipinski definition) is 5. The summed E-state index contributed by atoms with van der Waals surface area (Å²) in [5.74, 6) is 1.20. The number of carbonyl (C=O) groups is 1. The van der Waals surface area contributed by atoms with Crippen molar-refractivity contribution in [3.8, 4) is 0 Å². The Morgan fingerprint density at radius 2 is 1.96 bits per heavy atom. The van der Waals surface area contributed by atoms with E-state index in [1.54, 1.807) is 25.7 Å². The Labute approximate surface area is 144 Å². The van der Waals surface area contributed by atoms with E-state index in [2.05, 4.69) is 20.2 Å². The maximum Gasteiger partial charge on any atom is 0.223 e. The van der Waals surface area contributed by atoms with E-state index in [1.807, 2.05) is 0 Å². The van der Waals surface area contributed by atoms with Crippen LogP contribution in [0.15, 0.2) is 18.6 Å². The summed E-state index contributed by atoms with van der Waals surface area (Å²) in [5, 5.41) is 3.27. The number of nitrogens with zero attached hydrogens (tertiary/aromatic N) is 3. The molecule has 0 spiro atoms. The molecule has 2 heterocycles. The van der Waals surface area contributed by atoms with Crippen LogP contribution in [0.5, 0.6) is 0 Å². The number of piperidine rings is 1. The first-order valence-corrected chi connectivity index (χ1v) is 9.12. The van der Waals surface area contributed by atoms with E-state index >= 15 is 0 Å². The van der Waals surface area contributed by atoms with Crippen molar-refractivity contribution in [2.45, 2.75) is 57.1 Å². The minimum atomic E-state index is 0.0960. The van der Waals surface area contributed by atoms with Gasteiger partial charge in [0.25, 0.3) is 0 Å². The normalized spacial score (nSPS) is 26.0. The van der Waals surface area contributed by atoms with Crippen molar-refractivity contribution in [3.63, 3.8) is 0 Å². The monoisotopic (exact) mass is 332 g/mol. The van der Waals surface area contributed by atoms with Crippen molar-refractivity contribution in [3.05, 3.63) is 18.6 Å². The van der Waals surface area contributed by atoms with E-state index < -0.39 is 0 Å². The van der Waals surface area contributed by atoms with E-state index in [-0.39, 0.29) is 24.0 Å². The second-order valence-electron chi connectivity index (χ2n) is 6.85. The van der Waals surface area contributed by atoms with Gasteiger partial charge in [0.2, 0.25) is 5.91 Å². The minimum absolute atomic E-state index is 0.0960. The van der Waals surface area contributed by atoms with Crippen molar-refractivity contribution >= 4 is 11.7 Å². The molecule has 6 heteroatoms. The molecular weight excluding hydrogens is 304 g/mol. The molecule has 2 aliphatic rings. The van der Waals surface area contributed by atoms with E-state index in [0.717, 1.165) is 44.6 Å². The molecule has 6 nitrogen and oxygen atoms in total. The van der Waals surface area contributed by atoms with E-state index in [9.17, 15) is 4.79 Å². The quantitative estimate of drug-likeness (QED) is 0.856. The van der Waals surface area contributed by atoms with Gasteiger partial charge in [0, 0.05) is 38.5 Å². The lowest BCUT2D eigenvalue weighted by molar-refractivity contribution is -0.127. The first kappa shape index (κ1) is 17.1. The van der Waals surface area contributed by atoms with Crippen molar-refractivity contribution in [1.29, 1.82) is 0 Å². The Kier molecular flexibility index (Phi) is 6.01. The smallest absolute Gasteiger partial charge is 0.223 e. The largest absolute Gasteiger partial charge is 0.379 e. The molecule has 2 fully saturated rings. The summed E-state index contributed by atoms with van der Waals surface area (Å²) >= 11 is 0. The minimum Gasteiger partial charge on any atom is -0.379 e. The van der Waals surface area contributed by atoms with E-state index in [0.29, 0.717) is 0 Å². The number of methoxy groups -OCH3 is 1. The predicted molar refractivity (Wildman–Crippen MR) is 92.8 cm³/mol. The molecular formula is C18H28N4O2. The van der Waals surface area contributed by atoms with Crippen LogP contribution in [0.3, 0.4) is 0 Å². The van der Waals surface area contributed by atoms with Crippen LogP contribution >= 0.6 is 0 Å². The van der Waals surface area contributed by atoms with Crippen LogP contribution in [-0.4, -0.2) is 48.2 Å². The van der Waals surface area contributed by atoms with Gasteiger partial charge in [-0.2, -0.15) is 0 Å². The molecule has 1 N–H and O–H groups in total. The van der Waals surface area contributed by atoms with Gasteiger partial charge < -0.3 is 15.0 Å². The molecule has 1 saturated carbocycles. The van der Waals surface area contributed by atoms with Crippen molar-refractivity contribution in [2.75, 3.05) is 25.1 Å². The van der Waals surface area contributed by atoms with Gasteiger partial charge in [-0.05, 0) is 25.7 Å². The number of nitrogens with one attached hydrogen (secondary N) is 1. The molecule has 1 amide bonds. The second-order valence-corrected chi connectivity index (χ2v) is 6.85. The van der Waals surface area contributed by atoms with Crippen molar-refractivity contribution in [1.82, 2.24) is 15.3 Å². The number of rotatable bonds is 4. The summed E-state index contributed by atoms with van der Waals surface area (Å²) in [4.78, 5) is 23.3. The average Bonchev–Trinajstić information content (AvgIpc) is 2.87. The molecule has 1 aromatic heterocycles. The molecule has 1 saturated heterocycles. The molecule has 0 radical (unpaired) electrons. The Morgan fingerprint density at radius 1 is 1.17 bits per heavy atom. The van der Waals surface area contributed by atoms with Gasteiger partial charge in [-0.15, -0.1) is 0 Å². The molecule has 2 atom stereocenters. The molecule has 1 aliphatic carbocycles. The highest BCUT2D eigenvalue weighted by Gasteiger charge is 2.30. The Balaban J connectivity index is 1.51. The highest BCUT2D eigenvalue weighted by molar-refractivity contribution is 5.79. The zero-order valence-corrected chi connectivity index (χ0v) is 14.5. The highest BCUT2D eigenvalue weighted by Crippen LogP contribution is 2.24. The summed E-state index contributed by atoms with van der Waals surface area (Å²) in [6.45, 7) is 1.71. The Hall–Kier alpha value is -1.69. The molecule has 0 bridgehead atoms. The number of hydrogen-bond donors (Lipinski definition) is 1. The van der Waals surface area contributed by atoms with Gasteiger partial charge in [-0.1, -0.05) is 19.3 Å². The lowest BCUT2D eigenvalue weighted by Crippen LogP contribution is -2.48. The third-order valence-corrected chi connectivity index (χ3v) is 5.32. The fourth-order valence-electron chi connectivity index (χ4n) is 3.85. The molecule has 3 rings (SSSR count). The molecule has 24 heavy (non-hydrogen) atoms. The van der Waals surface area contributed by atoms with Crippen LogP contribution in [-0.2, 0) is 9.53 Å². The van der Waals surface area contributed by atoms with Gasteiger partial charge in [-0.3, -0.25) is 9.78 Å². The number of carbonyl (C=O) groups excluding carboxylic acids is 1. The Bertz CT molecular complexity index is 517. The molecule has 0 aromatic carbocycles. The van der Waals surface area contributed by atoms with Crippen molar-refractivity contribution < 1.29 is 9.53 Å². The van der Waals surface area contributed by atoms with Gasteiger partial charge in [0.1, 0.15) is 5.82 Å². The van der Waals surface area contributed by atoms with Gasteiger partial charge in [-0.25, -0.2) is 4.98 Å². The fourth-order valence-corrected chi connectivity index (χ4v) is 3.85. The fraction of sp³-hybridized carbons (Fsp3) is 0.722. The molecule has 1 aliphatic heterocycles. The maximum atomic E-state index is 12.7. The van der Waals surface area contributed by atoms with Crippen molar-refractivity contribution in [2.24, 2.45) is 5.92 Å². The average molecular weight is 332 g/mol. The lowest BCUT2D eigenvalue weighted by atomic mass is 9.94. The Morgan fingerprint density at radius 3 is 2.67 bits per heavy atom. The van der Waals surface area contributed by atoms with Crippen LogP contribution in [0.25, 0.3) is 0 Å². The van der Waals surface area contributed by atoms with E-state index in [1.165, 1.54) is 19.3 Å². The van der Waals surface area contributed by atoms with Gasteiger partial charge in [0.05, 0.1) is 18.3 Å². The zero-order valence-electron chi connectivity index (χ0n) is 14.5. The maximum absolute atomic E-state index is 12.7. The van der Waals surface area contributed by atoms with Gasteiger partial charge in [0.15, 0.2) is 0 Å². The SMILES string of the molecule is CO[C@@H]1CCCCC[C@H]1NC(=O)C1CCN(c2cnccn2)CC1. The summed E-state index contributed by atoms with van der Waals surface area (Å²) in [5.41, 5.74) is 0. The number of aromatic nitrogens is 2. The molecule has 132 valence electrons. The number of ether oxygens (including phenoxy) is 1. The lowest BCUT2D eigenvalue weighted by Gasteiger charge is -2.33. The summed E-state index contributed by atoms with van der Waals surface area (Å²) < 4.78 is 5.61.